The van der Waals surface area contributed by atoms with E-state index in [4.69, 9.17) is 0 Å². The lowest BCUT2D eigenvalue weighted by Gasteiger charge is -2.31. The van der Waals surface area contributed by atoms with Crippen molar-refractivity contribution in [1.29, 1.82) is 0 Å². The summed E-state index contributed by atoms with van der Waals surface area (Å²) in [4.78, 5) is 1.92. The van der Waals surface area contributed by atoms with Gasteiger partial charge in [0.2, 0.25) is 5.82 Å². The van der Waals surface area contributed by atoms with Crippen molar-refractivity contribution in [1.82, 2.24) is 4.90 Å². The van der Waals surface area contributed by atoms with Gasteiger partial charge in [-0.1, -0.05) is 0 Å². The van der Waals surface area contributed by atoms with E-state index in [9.17, 15) is 22.0 Å². The Labute approximate surface area is 107 Å². The van der Waals surface area contributed by atoms with Crippen LogP contribution < -0.4 is 5.32 Å². The Morgan fingerprint density at radius 2 is 1.47 bits per heavy atom. The predicted molar refractivity (Wildman–Crippen MR) is 60.4 cm³/mol. The van der Waals surface area contributed by atoms with Crippen LogP contribution in [-0.2, 0) is 0 Å². The highest BCUT2D eigenvalue weighted by Crippen LogP contribution is 2.28. The molecule has 2 nitrogen and oxygen atoms in total. The first-order chi connectivity index (χ1) is 8.91. The van der Waals surface area contributed by atoms with E-state index in [-0.39, 0.29) is 6.04 Å². The number of piperidine rings is 1. The summed E-state index contributed by atoms with van der Waals surface area (Å²) in [6.07, 6.45) is 1.41. The summed E-state index contributed by atoms with van der Waals surface area (Å²) in [7, 11) is 1.83. The van der Waals surface area contributed by atoms with E-state index in [1.807, 2.05) is 11.9 Å². The number of halogens is 5. The molecule has 1 aliphatic heterocycles. The fraction of sp³-hybridized carbons (Fsp3) is 0.500. The Morgan fingerprint density at radius 3 is 2.00 bits per heavy atom. The maximum Gasteiger partial charge on any atom is 0.200 e. The molecule has 1 aliphatic rings. The molecule has 0 aromatic heterocycles. The molecule has 7 heteroatoms. The average molecular weight is 280 g/mol. The highest BCUT2D eigenvalue weighted by Gasteiger charge is 2.28. The first-order valence-corrected chi connectivity index (χ1v) is 5.88. The van der Waals surface area contributed by atoms with E-state index >= 15 is 0 Å². The summed E-state index contributed by atoms with van der Waals surface area (Å²) in [5, 5.41) is 2.42. The Kier molecular flexibility index (Phi) is 3.93. The number of hydrogen-bond acceptors (Lipinski definition) is 2. The lowest BCUT2D eigenvalue weighted by molar-refractivity contribution is 0.260. The summed E-state index contributed by atoms with van der Waals surface area (Å²) in [5.74, 6) is -9.62. The smallest absolute Gasteiger partial charge is 0.200 e. The molecule has 1 heterocycles. The maximum absolute atomic E-state index is 13.5. The minimum Gasteiger partial charge on any atom is -0.376 e. The SMILES string of the molecule is CN1CCCC(Nc2c(F)c(F)c(F)c(F)c2F)C1. The fourth-order valence-corrected chi connectivity index (χ4v) is 2.22. The summed E-state index contributed by atoms with van der Waals surface area (Å²) in [5.41, 5.74) is -0.947. The van der Waals surface area contributed by atoms with Crippen molar-refractivity contribution in [2.24, 2.45) is 0 Å². The second-order valence-corrected chi connectivity index (χ2v) is 4.69. The van der Waals surface area contributed by atoms with E-state index in [0.29, 0.717) is 13.0 Å². The zero-order valence-electron chi connectivity index (χ0n) is 10.2. The number of hydrogen-bond donors (Lipinski definition) is 1. The molecule has 106 valence electrons. The maximum atomic E-state index is 13.5. The Morgan fingerprint density at radius 1 is 0.947 bits per heavy atom. The van der Waals surface area contributed by atoms with Crippen LogP contribution in [-0.4, -0.2) is 31.1 Å². The number of anilines is 1. The Balaban J connectivity index is 2.30. The second kappa shape index (κ2) is 5.32. The lowest BCUT2D eigenvalue weighted by atomic mass is 10.1. The molecule has 1 aromatic rings. The van der Waals surface area contributed by atoms with Crippen LogP contribution in [0.15, 0.2) is 0 Å². The van der Waals surface area contributed by atoms with Crippen molar-refractivity contribution in [3.05, 3.63) is 29.1 Å². The van der Waals surface area contributed by atoms with Crippen LogP contribution in [0.3, 0.4) is 0 Å². The van der Waals surface area contributed by atoms with Crippen LogP contribution in [0.4, 0.5) is 27.6 Å². The zero-order valence-corrected chi connectivity index (χ0v) is 10.2. The van der Waals surface area contributed by atoms with Gasteiger partial charge in [0.05, 0.1) is 0 Å². The van der Waals surface area contributed by atoms with Gasteiger partial charge in [-0.05, 0) is 26.4 Å². The molecule has 0 spiro atoms. The fourth-order valence-electron chi connectivity index (χ4n) is 2.22. The van der Waals surface area contributed by atoms with Crippen LogP contribution in [0.2, 0.25) is 0 Å². The Bertz CT molecular complexity index is 462. The molecule has 1 saturated heterocycles. The largest absolute Gasteiger partial charge is 0.376 e. The van der Waals surface area contributed by atoms with Gasteiger partial charge >= 0.3 is 0 Å². The van der Waals surface area contributed by atoms with Gasteiger partial charge in [0.15, 0.2) is 23.3 Å². The van der Waals surface area contributed by atoms with Gasteiger partial charge in [0.1, 0.15) is 5.69 Å². The van der Waals surface area contributed by atoms with Crippen molar-refractivity contribution >= 4 is 5.69 Å². The molecular weight excluding hydrogens is 267 g/mol. The highest BCUT2D eigenvalue weighted by molar-refractivity contribution is 5.48. The number of rotatable bonds is 2. The molecule has 0 radical (unpaired) electrons. The summed E-state index contributed by atoms with van der Waals surface area (Å²) in [6, 6.07) is -0.341. The van der Waals surface area contributed by atoms with Crippen molar-refractivity contribution in [3.63, 3.8) is 0 Å². The van der Waals surface area contributed by atoms with E-state index in [2.05, 4.69) is 5.32 Å². The molecule has 1 aromatic carbocycles. The minimum absolute atomic E-state index is 0.341. The number of nitrogens with zero attached hydrogens (tertiary/aromatic N) is 1. The molecule has 0 saturated carbocycles. The monoisotopic (exact) mass is 280 g/mol. The third-order valence-electron chi connectivity index (χ3n) is 3.18. The second-order valence-electron chi connectivity index (χ2n) is 4.69. The van der Waals surface area contributed by atoms with E-state index in [0.717, 1.165) is 13.0 Å². The molecule has 19 heavy (non-hydrogen) atoms. The van der Waals surface area contributed by atoms with Gasteiger partial charge in [-0.2, -0.15) is 0 Å². The first-order valence-electron chi connectivity index (χ1n) is 5.88. The van der Waals surface area contributed by atoms with Crippen molar-refractivity contribution < 1.29 is 22.0 Å². The van der Waals surface area contributed by atoms with Gasteiger partial charge in [0.25, 0.3) is 0 Å². The lowest BCUT2D eigenvalue weighted by Crippen LogP contribution is -2.40. The van der Waals surface area contributed by atoms with Gasteiger partial charge in [-0.25, -0.2) is 22.0 Å². The number of likely N-dealkylation sites (tertiary alicyclic amines) is 1. The van der Waals surface area contributed by atoms with Crippen LogP contribution in [0.5, 0.6) is 0 Å². The Hall–Kier alpha value is -1.37. The standard InChI is InChI=1S/C12H13F5N2/c1-19-4-2-3-6(5-19)18-12-10(16)8(14)7(13)9(15)11(12)17/h6,18H,2-5H2,1H3. The van der Waals surface area contributed by atoms with Crippen molar-refractivity contribution in [2.75, 3.05) is 25.5 Å². The van der Waals surface area contributed by atoms with Gasteiger partial charge < -0.3 is 10.2 Å². The third kappa shape index (κ3) is 2.65. The summed E-state index contributed by atoms with van der Waals surface area (Å²) < 4.78 is 65.8. The molecule has 1 N–H and O–H groups in total. The first kappa shape index (κ1) is 14.0. The quantitative estimate of drug-likeness (QED) is 0.509. The van der Waals surface area contributed by atoms with Crippen LogP contribution >= 0.6 is 0 Å². The molecule has 0 bridgehead atoms. The summed E-state index contributed by atoms with van der Waals surface area (Å²) >= 11 is 0. The molecule has 0 amide bonds. The molecule has 1 unspecified atom stereocenters. The van der Waals surface area contributed by atoms with Crippen molar-refractivity contribution in [3.8, 4) is 0 Å². The van der Waals surface area contributed by atoms with Gasteiger partial charge in [0, 0.05) is 12.6 Å². The average Bonchev–Trinajstić information content (AvgIpc) is 2.39. The number of likely N-dealkylation sites (N-methyl/N-ethyl adjacent to an activating group) is 1. The minimum atomic E-state index is -2.14. The third-order valence-corrected chi connectivity index (χ3v) is 3.18. The number of benzene rings is 1. The van der Waals surface area contributed by atoms with E-state index in [1.54, 1.807) is 0 Å². The molecule has 2 rings (SSSR count). The highest BCUT2D eigenvalue weighted by atomic mass is 19.2. The topological polar surface area (TPSA) is 15.3 Å². The zero-order chi connectivity index (χ0) is 14.2. The molecule has 1 atom stereocenters. The van der Waals surface area contributed by atoms with Crippen LogP contribution in [0.25, 0.3) is 0 Å². The number of nitrogens with one attached hydrogen (secondary N) is 1. The van der Waals surface area contributed by atoms with Gasteiger partial charge in [-0.15, -0.1) is 0 Å². The molecule has 0 aliphatic carbocycles. The summed E-state index contributed by atoms with van der Waals surface area (Å²) in [6.45, 7) is 1.33. The van der Waals surface area contributed by atoms with Gasteiger partial charge in [-0.3, -0.25) is 0 Å². The van der Waals surface area contributed by atoms with E-state index in [1.165, 1.54) is 0 Å². The molecule has 1 fully saturated rings. The van der Waals surface area contributed by atoms with Crippen LogP contribution in [0.1, 0.15) is 12.8 Å². The van der Waals surface area contributed by atoms with Crippen molar-refractivity contribution in [2.45, 2.75) is 18.9 Å². The molecular formula is C12H13F5N2. The normalized spacial score (nSPS) is 20.6. The van der Waals surface area contributed by atoms with Crippen LogP contribution in [0, 0.1) is 29.1 Å². The van der Waals surface area contributed by atoms with E-state index < -0.39 is 34.8 Å². The predicted octanol–water partition coefficient (Wildman–Crippen LogP) is 2.89.